The molecule has 6 rings (SSSR count). The first-order valence-electron chi connectivity index (χ1n) is 14.2. The fourth-order valence-electron chi connectivity index (χ4n) is 4.80. The fraction of sp³-hybridized carbons (Fsp3) is 0.0811. The second kappa shape index (κ2) is 14.4. The Hall–Kier alpha value is -3.94. The topological polar surface area (TPSA) is 30.9 Å². The Morgan fingerprint density at radius 2 is 1.00 bits per heavy atom. The summed E-state index contributed by atoms with van der Waals surface area (Å²) in [5.74, 6) is 2.41. The highest BCUT2D eigenvalue weighted by Crippen LogP contribution is 2.42. The van der Waals surface area contributed by atoms with Crippen LogP contribution < -0.4 is 19.1 Å². The van der Waals surface area contributed by atoms with Gasteiger partial charge in [0.15, 0.2) is 0 Å². The number of hydrogen-bond donors (Lipinski definition) is 0. The van der Waals surface area contributed by atoms with Crippen LogP contribution >= 0.6 is 50.5 Å². The molecule has 226 valence electrons. The summed E-state index contributed by atoms with van der Waals surface area (Å²) in [7, 11) is 1.68. The molecule has 0 radical (unpaired) electrons. The second-order valence-corrected chi connectivity index (χ2v) is 12.8. The fourth-order valence-corrected chi connectivity index (χ4v) is 6.97. The van der Waals surface area contributed by atoms with Crippen LogP contribution in [0.1, 0.15) is 0 Å². The Balaban J connectivity index is 1.05. The predicted molar refractivity (Wildman–Crippen MR) is 192 cm³/mol. The van der Waals surface area contributed by atoms with Crippen LogP contribution in [0.15, 0.2) is 132 Å². The lowest BCUT2D eigenvalue weighted by Crippen LogP contribution is -2.10. The smallest absolute Gasteiger partial charge is 0.122 e. The van der Waals surface area contributed by atoms with Gasteiger partial charge in [0.25, 0.3) is 0 Å². The summed E-state index contributed by atoms with van der Waals surface area (Å²) in [5, 5.41) is 1.37. The molecule has 0 spiro atoms. The number of rotatable bonds is 11. The van der Waals surface area contributed by atoms with Crippen molar-refractivity contribution in [2.75, 3.05) is 25.2 Å². The van der Waals surface area contributed by atoms with E-state index in [2.05, 4.69) is 51.2 Å². The molecule has 1 heterocycles. The first kappa shape index (κ1) is 31.1. The lowest BCUT2D eigenvalue weighted by atomic mass is 10.1. The van der Waals surface area contributed by atoms with Gasteiger partial charge in [-0.1, -0.05) is 23.2 Å². The van der Waals surface area contributed by atoms with Gasteiger partial charge in [-0.2, -0.15) is 0 Å². The molecule has 0 aliphatic heterocycles. The maximum absolute atomic E-state index is 6.15. The van der Waals surface area contributed by atoms with E-state index in [0.29, 0.717) is 23.3 Å². The molecule has 8 heteroatoms. The molecule has 0 fully saturated rings. The van der Waals surface area contributed by atoms with Gasteiger partial charge in [0, 0.05) is 41.3 Å². The van der Waals surface area contributed by atoms with Crippen molar-refractivity contribution in [1.29, 1.82) is 0 Å². The van der Waals surface area contributed by atoms with Gasteiger partial charge in [0.2, 0.25) is 0 Å². The molecule has 0 saturated carbocycles. The molecule has 5 aromatic carbocycles. The second-order valence-electron chi connectivity index (χ2n) is 10.0. The number of methoxy groups -OCH3 is 1. The van der Waals surface area contributed by atoms with Gasteiger partial charge in [-0.15, -0.1) is 11.3 Å². The number of thiophene rings is 1. The first-order chi connectivity index (χ1) is 22.0. The monoisotopic (exact) mass is 715 g/mol. The lowest BCUT2D eigenvalue weighted by Gasteiger charge is -2.25. The Bertz CT molecular complexity index is 1800. The highest BCUT2D eigenvalue weighted by Gasteiger charge is 2.14. The highest BCUT2D eigenvalue weighted by molar-refractivity contribution is 9.10. The summed E-state index contributed by atoms with van der Waals surface area (Å²) >= 11 is 17.8. The van der Waals surface area contributed by atoms with Crippen molar-refractivity contribution >= 4 is 67.5 Å². The van der Waals surface area contributed by atoms with Gasteiger partial charge in [0.05, 0.1) is 7.11 Å². The van der Waals surface area contributed by atoms with E-state index in [-0.39, 0.29) is 0 Å². The van der Waals surface area contributed by atoms with Crippen molar-refractivity contribution in [3.05, 3.63) is 142 Å². The molecule has 0 unspecified atom stereocenters. The Labute approximate surface area is 285 Å². The molecule has 1 aromatic heterocycles. The molecule has 0 saturated heterocycles. The number of ether oxygens (including phenoxy) is 3. The zero-order chi connectivity index (χ0) is 31.2. The van der Waals surface area contributed by atoms with E-state index < -0.39 is 0 Å². The minimum atomic E-state index is 0.419. The van der Waals surface area contributed by atoms with Crippen molar-refractivity contribution in [1.82, 2.24) is 0 Å². The van der Waals surface area contributed by atoms with Crippen molar-refractivity contribution in [2.24, 2.45) is 0 Å². The van der Waals surface area contributed by atoms with Crippen molar-refractivity contribution in [2.45, 2.75) is 0 Å². The zero-order valence-electron chi connectivity index (χ0n) is 24.3. The lowest BCUT2D eigenvalue weighted by molar-refractivity contribution is 0.217. The van der Waals surface area contributed by atoms with E-state index in [1.807, 2.05) is 97.1 Å². The quantitative estimate of drug-likeness (QED) is 0.125. The van der Waals surface area contributed by atoms with Crippen molar-refractivity contribution in [3.8, 4) is 38.1 Å². The molecular formula is C37H28BrCl2NO3S. The average molecular weight is 718 g/mol. The van der Waals surface area contributed by atoms with E-state index in [4.69, 9.17) is 37.4 Å². The van der Waals surface area contributed by atoms with Crippen molar-refractivity contribution in [3.63, 3.8) is 0 Å². The SMILES string of the molecule is COc1ccc(-c2sc(-c3ccc(OCCOc4ccc(N(c5ccc(Cl)cc5)c5ccc(Cl)cc5)cc4)cc3)cc2Br)cc1. The third kappa shape index (κ3) is 7.66. The maximum atomic E-state index is 6.15. The van der Waals surface area contributed by atoms with Crippen LogP contribution in [0.25, 0.3) is 20.9 Å². The molecule has 0 aliphatic carbocycles. The van der Waals surface area contributed by atoms with Gasteiger partial charge < -0.3 is 19.1 Å². The third-order valence-corrected chi connectivity index (χ3v) is 9.69. The van der Waals surface area contributed by atoms with Crippen LogP contribution in [0, 0.1) is 0 Å². The van der Waals surface area contributed by atoms with Gasteiger partial charge in [-0.25, -0.2) is 0 Å². The van der Waals surface area contributed by atoms with E-state index in [9.17, 15) is 0 Å². The minimum Gasteiger partial charge on any atom is -0.497 e. The number of nitrogens with zero attached hydrogens (tertiary/aromatic N) is 1. The largest absolute Gasteiger partial charge is 0.497 e. The Morgan fingerprint density at radius 3 is 1.49 bits per heavy atom. The number of hydrogen-bond acceptors (Lipinski definition) is 5. The number of halogens is 3. The summed E-state index contributed by atoms with van der Waals surface area (Å²) in [6.45, 7) is 0.844. The predicted octanol–water partition coefficient (Wildman–Crippen LogP) is 12.1. The summed E-state index contributed by atoms with van der Waals surface area (Å²) in [6, 6.07) is 41.9. The van der Waals surface area contributed by atoms with Crippen LogP contribution in [-0.4, -0.2) is 20.3 Å². The first-order valence-corrected chi connectivity index (χ1v) is 16.5. The Morgan fingerprint density at radius 1 is 0.578 bits per heavy atom. The molecule has 4 nitrogen and oxygen atoms in total. The van der Waals surface area contributed by atoms with E-state index >= 15 is 0 Å². The summed E-state index contributed by atoms with van der Waals surface area (Å²) in [5.41, 5.74) is 5.24. The number of anilines is 3. The minimum absolute atomic E-state index is 0.419. The van der Waals surface area contributed by atoms with Crippen LogP contribution in [0.4, 0.5) is 17.1 Å². The summed E-state index contributed by atoms with van der Waals surface area (Å²) in [4.78, 5) is 4.50. The van der Waals surface area contributed by atoms with Crippen LogP contribution in [0.5, 0.6) is 17.2 Å². The van der Waals surface area contributed by atoms with E-state index in [1.54, 1.807) is 18.4 Å². The zero-order valence-corrected chi connectivity index (χ0v) is 28.2. The molecule has 0 atom stereocenters. The van der Waals surface area contributed by atoms with Gasteiger partial charge in [0.1, 0.15) is 30.5 Å². The third-order valence-electron chi connectivity index (χ3n) is 7.06. The van der Waals surface area contributed by atoms with E-state index in [1.165, 1.54) is 9.75 Å². The van der Waals surface area contributed by atoms with Gasteiger partial charge >= 0.3 is 0 Å². The van der Waals surface area contributed by atoms with Gasteiger partial charge in [-0.3, -0.25) is 0 Å². The number of benzene rings is 5. The molecule has 0 N–H and O–H groups in total. The van der Waals surface area contributed by atoms with E-state index in [0.717, 1.165) is 49.9 Å². The maximum Gasteiger partial charge on any atom is 0.122 e. The normalized spacial score (nSPS) is 10.8. The van der Waals surface area contributed by atoms with Crippen LogP contribution in [0.3, 0.4) is 0 Å². The standard InChI is InChI=1S/C37H28BrCl2NO3S/c1-42-32-16-4-26(5-17-32)37-35(38)24-36(45-37)25-2-18-33(19-3-25)43-22-23-44-34-20-14-31(15-21-34)41(29-10-6-27(39)7-11-29)30-12-8-28(40)9-13-30/h2-21,24H,22-23H2,1H3. The molecule has 6 aromatic rings. The molecule has 0 amide bonds. The van der Waals surface area contributed by atoms with Crippen LogP contribution in [-0.2, 0) is 0 Å². The molecule has 45 heavy (non-hydrogen) atoms. The molecule has 0 bridgehead atoms. The van der Waals surface area contributed by atoms with Crippen molar-refractivity contribution < 1.29 is 14.2 Å². The highest BCUT2D eigenvalue weighted by atomic mass is 79.9. The Kier molecular flexibility index (Phi) is 9.97. The summed E-state index contributed by atoms with van der Waals surface area (Å²) < 4.78 is 18.3. The molecular weight excluding hydrogens is 689 g/mol. The van der Waals surface area contributed by atoms with Gasteiger partial charge in [-0.05, 0) is 154 Å². The average Bonchev–Trinajstić information content (AvgIpc) is 3.47. The summed E-state index contributed by atoms with van der Waals surface area (Å²) in [6.07, 6.45) is 0. The molecule has 0 aliphatic rings. The van der Waals surface area contributed by atoms with Crippen LogP contribution in [0.2, 0.25) is 10.0 Å².